The lowest BCUT2D eigenvalue weighted by atomic mass is 10.0. The highest BCUT2D eigenvalue weighted by atomic mass is 16.6. The normalized spacial score (nSPS) is 11.8. The lowest BCUT2D eigenvalue weighted by Crippen LogP contribution is -2.49. The largest absolute Gasteiger partial charge is 0.382 e. The zero-order valence-corrected chi connectivity index (χ0v) is 88.0. The van der Waals surface area contributed by atoms with Crippen LogP contribution in [0.1, 0.15) is 81.1 Å². The van der Waals surface area contributed by atoms with Gasteiger partial charge in [0.05, 0.1) is 277 Å². The van der Waals surface area contributed by atoms with E-state index in [1.165, 1.54) is 0 Å². The second-order valence-corrected chi connectivity index (χ2v) is 34.0. The molecule has 3 atom stereocenters. The second-order valence-electron chi connectivity index (χ2n) is 34.0. The van der Waals surface area contributed by atoms with Crippen molar-refractivity contribution in [3.05, 3.63) is 249 Å². The number of hydrogen-bond donors (Lipinski definition) is 6. The summed E-state index contributed by atoms with van der Waals surface area (Å²) in [5, 5.41) is 18.2. The molecule has 0 aliphatic rings. The maximum atomic E-state index is 14.4. The molecule has 0 radical (unpaired) electrons. The van der Waals surface area contributed by atoms with Crippen LogP contribution >= 0.6 is 0 Å². The predicted octanol–water partition coefficient (Wildman–Crippen LogP) is 7.28. The van der Waals surface area contributed by atoms with Crippen LogP contribution in [0.4, 0.5) is 0 Å². The topological polar surface area (TPSA) is 396 Å². The first-order chi connectivity index (χ1) is 73.8. The third kappa shape index (κ3) is 60.4. The third-order valence-corrected chi connectivity index (χ3v) is 22.0. The molecule has 0 aliphatic heterocycles. The summed E-state index contributed by atoms with van der Waals surface area (Å²) in [4.78, 5) is 86.1. The van der Waals surface area contributed by atoms with Crippen LogP contribution in [0.25, 0.3) is 0 Å². The predicted molar refractivity (Wildman–Crippen MR) is 563 cm³/mol. The molecular weight excluding hydrogens is 1930 g/mol. The SMILES string of the molecule is COCCOCCOCCOCC(CNC(=O)[C@@H](Cc1ccccc1)NC(=O)c1ccc(C#Cc2cc(C#Cc3ccc(C(=O)N[C@H](Cc4ccccc4)C(=O)NCC(COCCOCCOCCOC)COCCOCCOCCOC)cc3)cc(C#Cc3ccc(C(=O)N[C@H](Cc4ccccc4)C(=O)NCC(COCCOCCOCCOC)COCCOCCOCCOC)cc3)c2)cc1)COCCOCCOCCOC. The first kappa shape index (κ1) is 126. The van der Waals surface area contributed by atoms with Crippen LogP contribution in [0.15, 0.2) is 182 Å². The maximum absolute atomic E-state index is 14.4. The van der Waals surface area contributed by atoms with Gasteiger partial charge < -0.3 is 146 Å². The van der Waals surface area contributed by atoms with Crippen molar-refractivity contribution in [2.24, 2.45) is 17.8 Å². The van der Waals surface area contributed by atoms with E-state index < -0.39 is 53.6 Å². The molecule has 822 valence electrons. The number of nitrogens with one attached hydrogen (secondary N) is 6. The molecule has 7 aromatic carbocycles. The summed E-state index contributed by atoms with van der Waals surface area (Å²) in [6, 6.07) is 50.9. The number of carbonyl (C=O) groups excluding carboxylic acids is 6. The molecule has 150 heavy (non-hydrogen) atoms. The summed E-state index contributed by atoms with van der Waals surface area (Å²) < 4.78 is 134. The highest BCUT2D eigenvalue weighted by Crippen LogP contribution is 2.17. The maximum Gasteiger partial charge on any atom is 0.251 e. The van der Waals surface area contributed by atoms with Crippen molar-refractivity contribution in [2.45, 2.75) is 37.4 Å². The van der Waals surface area contributed by atoms with Crippen molar-refractivity contribution < 1.29 is 142 Å². The van der Waals surface area contributed by atoms with E-state index in [0.717, 1.165) is 16.7 Å². The Labute approximate surface area is 884 Å². The fraction of sp³-hybridized carbons (Fsp3) is 0.526. The summed E-state index contributed by atoms with van der Waals surface area (Å²) in [6.07, 6.45) is 0.575. The van der Waals surface area contributed by atoms with Gasteiger partial charge in [0.1, 0.15) is 18.1 Å². The number of ether oxygens (including phenoxy) is 24. The van der Waals surface area contributed by atoms with Crippen molar-refractivity contribution in [1.29, 1.82) is 0 Å². The number of carbonyl (C=O) groups is 6. The van der Waals surface area contributed by atoms with E-state index in [1.54, 1.807) is 115 Å². The lowest BCUT2D eigenvalue weighted by molar-refractivity contribution is -0.124. The van der Waals surface area contributed by atoms with Gasteiger partial charge in [-0.2, -0.15) is 0 Å². The number of hydrogen-bond acceptors (Lipinski definition) is 30. The Morgan fingerprint density at radius 1 is 0.207 bits per heavy atom. The molecule has 0 unspecified atom stereocenters. The molecule has 0 heterocycles. The summed E-state index contributed by atoms with van der Waals surface area (Å²) in [5.74, 6) is 16.1. The van der Waals surface area contributed by atoms with E-state index in [9.17, 15) is 28.8 Å². The average molecular weight is 2090 g/mol. The van der Waals surface area contributed by atoms with Crippen molar-refractivity contribution in [1.82, 2.24) is 31.9 Å². The molecular formula is C114H156N6O30. The van der Waals surface area contributed by atoms with Crippen LogP contribution in [-0.2, 0) is 147 Å². The molecule has 7 rings (SSSR count). The van der Waals surface area contributed by atoms with Crippen LogP contribution < -0.4 is 31.9 Å². The fourth-order valence-electron chi connectivity index (χ4n) is 13.9. The number of amides is 6. The van der Waals surface area contributed by atoms with Gasteiger partial charge >= 0.3 is 0 Å². The Balaban J connectivity index is 1.10. The summed E-state index contributed by atoms with van der Waals surface area (Å²) in [6.45, 7) is 16.3. The van der Waals surface area contributed by atoms with E-state index in [2.05, 4.69) is 67.4 Å². The minimum absolute atomic E-state index is 0.171. The Hall–Kier alpha value is -10.9. The van der Waals surface area contributed by atoms with E-state index in [-0.39, 0.29) is 113 Å². The average Bonchev–Trinajstić information content (AvgIpc) is 0.837. The standard InChI is InChI=1S/C114H156N6O30/c1-127-40-46-133-52-58-139-64-70-145-85-100(86-146-71-65-140-59-53-134-47-41-128-2)82-115-112(124)106(79-94-16-10-7-11-17-94)118-109(121)103-34-28-91(29-35-103)22-25-97-76-98(26-23-92-30-36-104(37-31-92)110(122)119-107(80-95-18-12-8-13-19-95)113(125)116-83-101(87-147-72-66-141-60-54-135-48-42-129-3)88-148-73-67-142-61-55-136-49-43-130-4)78-99(77-97)27-24-93-32-38-105(39-33-93)111(123)120-108(81-96-20-14-9-15-21-96)114(126)117-84-102(89-149-74-68-143-62-56-137-50-44-131-5)90-150-75-69-144-63-57-138-51-45-132-6/h7-21,28-39,76-78,100-102,106-108H,40-75,79-90H2,1-6H3,(H,115,124)(H,116,125)(H,117,126)(H,118,121)(H,119,122)(H,120,123)/t106-,107-,108-/m1/s1. The minimum atomic E-state index is -0.986. The summed E-state index contributed by atoms with van der Waals surface area (Å²) in [5.41, 5.74) is 6.65. The minimum Gasteiger partial charge on any atom is -0.382 e. The molecule has 0 bridgehead atoms. The van der Waals surface area contributed by atoms with Crippen molar-refractivity contribution in [3.63, 3.8) is 0 Å². The van der Waals surface area contributed by atoms with Crippen LogP contribution in [0.2, 0.25) is 0 Å². The Kier molecular flexibility index (Phi) is 71.1. The zero-order chi connectivity index (χ0) is 106. The van der Waals surface area contributed by atoms with E-state index in [0.29, 0.717) is 271 Å². The van der Waals surface area contributed by atoms with Gasteiger partial charge in [-0.05, 0) is 108 Å². The summed E-state index contributed by atoms with van der Waals surface area (Å²) >= 11 is 0. The second kappa shape index (κ2) is 84.6. The van der Waals surface area contributed by atoms with Gasteiger partial charge in [0.2, 0.25) is 17.7 Å². The molecule has 0 aromatic heterocycles. The van der Waals surface area contributed by atoms with Gasteiger partial charge in [0, 0.05) is 149 Å². The first-order valence-corrected chi connectivity index (χ1v) is 51.0. The molecule has 0 fully saturated rings. The molecule has 7 aromatic rings. The highest BCUT2D eigenvalue weighted by molar-refractivity contribution is 5.99. The van der Waals surface area contributed by atoms with Gasteiger partial charge in [0.25, 0.3) is 17.7 Å². The van der Waals surface area contributed by atoms with Crippen LogP contribution in [-0.4, -0.2) is 393 Å². The van der Waals surface area contributed by atoms with Gasteiger partial charge in [-0.25, -0.2) is 0 Å². The molecule has 0 saturated carbocycles. The lowest BCUT2D eigenvalue weighted by Gasteiger charge is -2.22. The quantitative estimate of drug-likeness (QED) is 0.0161. The number of methoxy groups -OCH3 is 6. The first-order valence-electron chi connectivity index (χ1n) is 51.0. The molecule has 0 aliphatic carbocycles. The van der Waals surface area contributed by atoms with E-state index in [1.807, 2.05) is 109 Å². The van der Waals surface area contributed by atoms with Crippen molar-refractivity contribution in [3.8, 4) is 35.5 Å². The van der Waals surface area contributed by atoms with Gasteiger partial charge in [-0.1, -0.05) is 127 Å². The van der Waals surface area contributed by atoms with Crippen LogP contribution in [0, 0.1) is 53.3 Å². The molecule has 36 heteroatoms. The highest BCUT2D eigenvalue weighted by Gasteiger charge is 2.28. The van der Waals surface area contributed by atoms with Crippen LogP contribution in [0.5, 0.6) is 0 Å². The monoisotopic (exact) mass is 2090 g/mol. The zero-order valence-electron chi connectivity index (χ0n) is 88.0. The molecule has 6 amide bonds. The third-order valence-electron chi connectivity index (χ3n) is 22.0. The molecule has 0 spiro atoms. The fourth-order valence-corrected chi connectivity index (χ4v) is 13.9. The van der Waals surface area contributed by atoms with E-state index >= 15 is 0 Å². The Bertz CT molecular complexity index is 4340. The summed E-state index contributed by atoms with van der Waals surface area (Å²) in [7, 11) is 9.68. The van der Waals surface area contributed by atoms with Crippen LogP contribution in [0.3, 0.4) is 0 Å². The van der Waals surface area contributed by atoms with Crippen molar-refractivity contribution in [2.75, 3.05) is 340 Å². The number of rotatable bonds is 87. The molecule has 0 saturated heterocycles. The molecule has 6 N–H and O–H groups in total. The smallest absolute Gasteiger partial charge is 0.251 e. The molecule has 36 nitrogen and oxygen atoms in total. The van der Waals surface area contributed by atoms with Gasteiger partial charge in [0.15, 0.2) is 0 Å². The van der Waals surface area contributed by atoms with E-state index in [4.69, 9.17) is 114 Å². The number of benzene rings is 7. The Morgan fingerprint density at radius 3 is 0.553 bits per heavy atom. The Morgan fingerprint density at radius 2 is 0.373 bits per heavy atom. The van der Waals surface area contributed by atoms with Gasteiger partial charge in [-0.15, -0.1) is 0 Å². The van der Waals surface area contributed by atoms with Gasteiger partial charge in [-0.3, -0.25) is 28.8 Å². The van der Waals surface area contributed by atoms with Crippen molar-refractivity contribution >= 4 is 35.4 Å².